The van der Waals surface area contributed by atoms with Crippen molar-refractivity contribution in [3.8, 4) is 0 Å². The summed E-state index contributed by atoms with van der Waals surface area (Å²) in [6.45, 7) is 0.475. The van der Waals surface area contributed by atoms with Crippen LogP contribution in [0.5, 0.6) is 0 Å². The number of anilines is 1. The lowest BCUT2D eigenvalue weighted by molar-refractivity contribution is 0.303. The van der Waals surface area contributed by atoms with Gasteiger partial charge in [0.2, 0.25) is 20.0 Å². The van der Waals surface area contributed by atoms with Crippen LogP contribution >= 0.6 is 0 Å². The molecule has 118 valence electrons. The van der Waals surface area contributed by atoms with E-state index >= 15 is 0 Å². The molecular weight excluding hydrogens is 314 g/mol. The third kappa shape index (κ3) is 3.94. The van der Waals surface area contributed by atoms with Gasteiger partial charge in [-0.05, 0) is 25.0 Å². The van der Waals surface area contributed by atoms with Gasteiger partial charge in [0.15, 0.2) is 0 Å². The normalized spacial score (nSPS) is 21.3. The van der Waals surface area contributed by atoms with Crippen LogP contribution in [-0.2, 0) is 20.0 Å². The summed E-state index contributed by atoms with van der Waals surface area (Å²) in [5.74, 6) is 0. The maximum atomic E-state index is 12.6. The van der Waals surface area contributed by atoms with Crippen LogP contribution < -0.4 is 10.5 Å². The van der Waals surface area contributed by atoms with Crippen molar-refractivity contribution in [2.24, 2.45) is 0 Å². The second-order valence-corrected chi connectivity index (χ2v) is 8.82. The first kappa shape index (κ1) is 16.2. The molecule has 1 heterocycles. The highest BCUT2D eigenvalue weighted by Gasteiger charge is 2.32. The van der Waals surface area contributed by atoms with E-state index in [1.165, 1.54) is 16.4 Å². The zero-order valence-electron chi connectivity index (χ0n) is 11.7. The fourth-order valence-electron chi connectivity index (χ4n) is 2.41. The molecule has 0 aliphatic carbocycles. The maximum absolute atomic E-state index is 12.6. The molecule has 1 aromatic carbocycles. The number of benzene rings is 1. The van der Waals surface area contributed by atoms with Crippen molar-refractivity contribution < 1.29 is 16.8 Å². The van der Waals surface area contributed by atoms with E-state index in [4.69, 9.17) is 5.73 Å². The monoisotopic (exact) mass is 333 g/mol. The topological polar surface area (TPSA) is 110 Å². The Hall–Kier alpha value is -1.16. The molecule has 3 N–H and O–H groups in total. The molecular formula is C12H19N3O4S2. The van der Waals surface area contributed by atoms with E-state index in [0.717, 1.165) is 6.26 Å². The van der Waals surface area contributed by atoms with Gasteiger partial charge in [0.1, 0.15) is 4.90 Å². The lowest BCUT2D eigenvalue weighted by Crippen LogP contribution is -2.49. The fourth-order valence-corrected chi connectivity index (χ4v) is 4.85. The summed E-state index contributed by atoms with van der Waals surface area (Å²) in [4.78, 5) is 0.0602. The molecule has 9 heteroatoms. The highest BCUT2D eigenvalue weighted by molar-refractivity contribution is 7.89. The van der Waals surface area contributed by atoms with Crippen LogP contribution in [0.3, 0.4) is 0 Å². The average molecular weight is 333 g/mol. The van der Waals surface area contributed by atoms with E-state index in [1.807, 2.05) is 0 Å². The SMILES string of the molecule is CS(=O)(=O)NC1CCCN(S(=O)(=O)c2ccccc2N)C1. The number of para-hydroxylation sites is 1. The van der Waals surface area contributed by atoms with Gasteiger partial charge in [0, 0.05) is 19.1 Å². The molecule has 1 aromatic rings. The smallest absolute Gasteiger partial charge is 0.245 e. The predicted molar refractivity (Wildman–Crippen MR) is 80.6 cm³/mol. The number of nitrogens with one attached hydrogen (secondary N) is 1. The van der Waals surface area contributed by atoms with Gasteiger partial charge in [-0.25, -0.2) is 21.6 Å². The molecule has 1 unspecified atom stereocenters. The first-order chi connectivity index (χ1) is 9.70. The van der Waals surface area contributed by atoms with Crippen LogP contribution in [0.1, 0.15) is 12.8 Å². The van der Waals surface area contributed by atoms with Gasteiger partial charge < -0.3 is 5.73 Å². The molecule has 0 amide bonds. The van der Waals surface area contributed by atoms with Crippen LogP contribution in [0.2, 0.25) is 0 Å². The summed E-state index contributed by atoms with van der Waals surface area (Å²) < 4.78 is 51.5. The Bertz CT molecular complexity index is 716. The largest absolute Gasteiger partial charge is 0.398 e. The number of nitrogens with two attached hydrogens (primary N) is 1. The minimum atomic E-state index is -3.71. The van der Waals surface area contributed by atoms with Gasteiger partial charge in [0.05, 0.1) is 11.9 Å². The van der Waals surface area contributed by atoms with Crippen LogP contribution in [-0.4, -0.2) is 46.5 Å². The van der Waals surface area contributed by atoms with Crippen LogP contribution in [0.4, 0.5) is 5.69 Å². The summed E-state index contributed by atoms with van der Waals surface area (Å²) in [7, 11) is -7.07. The summed E-state index contributed by atoms with van der Waals surface area (Å²) in [5.41, 5.74) is 5.92. The highest BCUT2D eigenvalue weighted by Crippen LogP contribution is 2.24. The number of sulfonamides is 2. The van der Waals surface area contributed by atoms with Crippen molar-refractivity contribution in [3.63, 3.8) is 0 Å². The average Bonchev–Trinajstić information content (AvgIpc) is 2.37. The third-order valence-electron chi connectivity index (χ3n) is 3.30. The molecule has 1 atom stereocenters. The van der Waals surface area contributed by atoms with E-state index in [-0.39, 0.29) is 17.1 Å². The van der Waals surface area contributed by atoms with Crippen LogP contribution in [0.25, 0.3) is 0 Å². The van der Waals surface area contributed by atoms with Crippen LogP contribution in [0.15, 0.2) is 29.2 Å². The van der Waals surface area contributed by atoms with Crippen molar-refractivity contribution in [2.45, 2.75) is 23.8 Å². The van der Waals surface area contributed by atoms with Crippen molar-refractivity contribution in [1.29, 1.82) is 0 Å². The molecule has 0 saturated carbocycles. The second-order valence-electron chi connectivity index (χ2n) is 5.13. The molecule has 1 aliphatic rings. The molecule has 21 heavy (non-hydrogen) atoms. The van der Waals surface area contributed by atoms with Crippen molar-refractivity contribution in [3.05, 3.63) is 24.3 Å². The number of nitrogens with zero attached hydrogens (tertiary/aromatic N) is 1. The summed E-state index contributed by atoms with van der Waals surface area (Å²) in [5, 5.41) is 0. The molecule has 1 saturated heterocycles. The van der Waals surface area contributed by atoms with Gasteiger partial charge in [-0.2, -0.15) is 4.31 Å². The molecule has 0 aromatic heterocycles. The van der Waals surface area contributed by atoms with E-state index in [9.17, 15) is 16.8 Å². The van der Waals surface area contributed by atoms with Gasteiger partial charge in [-0.1, -0.05) is 12.1 Å². The fraction of sp³-hybridized carbons (Fsp3) is 0.500. The predicted octanol–water partition coefficient (Wildman–Crippen LogP) is -0.0289. The molecule has 1 aliphatic heterocycles. The lowest BCUT2D eigenvalue weighted by atomic mass is 10.1. The molecule has 2 rings (SSSR count). The van der Waals surface area contributed by atoms with Gasteiger partial charge in [-0.3, -0.25) is 0 Å². The van der Waals surface area contributed by atoms with E-state index < -0.39 is 26.1 Å². The van der Waals surface area contributed by atoms with Crippen molar-refractivity contribution in [1.82, 2.24) is 9.03 Å². The van der Waals surface area contributed by atoms with E-state index in [0.29, 0.717) is 19.4 Å². The van der Waals surface area contributed by atoms with Crippen molar-refractivity contribution >= 4 is 25.7 Å². The zero-order chi connectivity index (χ0) is 15.7. The minimum Gasteiger partial charge on any atom is -0.398 e. The van der Waals surface area contributed by atoms with Crippen molar-refractivity contribution in [2.75, 3.05) is 25.1 Å². The number of hydrogen-bond donors (Lipinski definition) is 2. The number of rotatable bonds is 4. The molecule has 0 spiro atoms. The van der Waals surface area contributed by atoms with Crippen LogP contribution in [0, 0.1) is 0 Å². The number of piperidine rings is 1. The Kier molecular flexibility index (Phi) is 4.57. The Morgan fingerprint density at radius 1 is 1.24 bits per heavy atom. The Balaban J connectivity index is 2.23. The number of nitrogen functional groups attached to an aromatic ring is 1. The summed E-state index contributed by atoms with van der Waals surface area (Å²) in [6, 6.07) is 5.85. The summed E-state index contributed by atoms with van der Waals surface area (Å²) >= 11 is 0. The Morgan fingerprint density at radius 2 is 1.90 bits per heavy atom. The quantitative estimate of drug-likeness (QED) is 0.752. The number of hydrogen-bond acceptors (Lipinski definition) is 5. The highest BCUT2D eigenvalue weighted by atomic mass is 32.2. The maximum Gasteiger partial charge on any atom is 0.245 e. The Labute approximate surface area is 125 Å². The lowest BCUT2D eigenvalue weighted by Gasteiger charge is -2.32. The zero-order valence-corrected chi connectivity index (χ0v) is 13.3. The molecule has 0 radical (unpaired) electrons. The van der Waals surface area contributed by atoms with E-state index in [2.05, 4.69) is 4.72 Å². The molecule has 1 fully saturated rings. The molecule has 7 nitrogen and oxygen atoms in total. The first-order valence-corrected chi connectivity index (χ1v) is 9.85. The second kappa shape index (κ2) is 5.91. The van der Waals surface area contributed by atoms with Gasteiger partial charge in [-0.15, -0.1) is 0 Å². The standard InChI is InChI=1S/C12H19N3O4S2/c1-20(16,17)14-10-5-4-8-15(9-10)21(18,19)12-7-3-2-6-11(12)13/h2-3,6-7,10,14H,4-5,8-9,13H2,1H3. The third-order valence-corrected chi connectivity index (χ3v) is 6.00. The van der Waals surface area contributed by atoms with Gasteiger partial charge >= 0.3 is 0 Å². The Morgan fingerprint density at radius 3 is 2.52 bits per heavy atom. The van der Waals surface area contributed by atoms with E-state index in [1.54, 1.807) is 12.1 Å². The van der Waals surface area contributed by atoms with Gasteiger partial charge in [0.25, 0.3) is 0 Å². The summed E-state index contributed by atoms with van der Waals surface area (Å²) in [6.07, 6.45) is 2.28. The minimum absolute atomic E-state index is 0.0602. The first-order valence-electron chi connectivity index (χ1n) is 6.52. The molecule has 0 bridgehead atoms.